The van der Waals surface area contributed by atoms with Crippen molar-refractivity contribution in [1.29, 1.82) is 0 Å². The van der Waals surface area contributed by atoms with Gasteiger partial charge in [0.15, 0.2) is 11.7 Å². The van der Waals surface area contributed by atoms with E-state index in [1.807, 2.05) is 18.2 Å². The highest BCUT2D eigenvalue weighted by atomic mass is 79.9. The zero-order chi connectivity index (χ0) is 21.8. The number of nitrogens with zero attached hydrogens (tertiary/aromatic N) is 1. The summed E-state index contributed by atoms with van der Waals surface area (Å²) < 4.78 is 6.32. The average molecular weight is 476 g/mol. The number of oxazole rings is 1. The van der Waals surface area contributed by atoms with Crippen molar-refractivity contribution in [1.82, 2.24) is 4.98 Å². The maximum atomic E-state index is 12.9. The molecule has 0 saturated carbocycles. The molecule has 0 aliphatic heterocycles. The first-order valence-electron chi connectivity index (χ1n) is 9.50. The van der Waals surface area contributed by atoms with Gasteiger partial charge in [0.05, 0.1) is 17.4 Å². The minimum atomic E-state index is -0.326. The summed E-state index contributed by atoms with van der Waals surface area (Å²) in [6.07, 6.45) is 1.66. The van der Waals surface area contributed by atoms with Crippen molar-refractivity contribution in [3.05, 3.63) is 100 Å². The topological polar surface area (TPSA) is 84.2 Å². The summed E-state index contributed by atoms with van der Waals surface area (Å²) in [5.74, 6) is 0.631. The molecule has 0 aliphatic rings. The van der Waals surface area contributed by atoms with Crippen LogP contribution in [0.25, 0.3) is 11.3 Å². The predicted molar refractivity (Wildman–Crippen MR) is 123 cm³/mol. The van der Waals surface area contributed by atoms with Gasteiger partial charge in [-0.25, -0.2) is 4.98 Å². The number of anilines is 2. The van der Waals surface area contributed by atoms with Gasteiger partial charge in [0.2, 0.25) is 0 Å². The number of aromatic nitrogens is 1. The minimum absolute atomic E-state index is 0.298. The fraction of sp³-hybridized carbons (Fsp3) is 0.0417. The monoisotopic (exact) mass is 475 g/mol. The van der Waals surface area contributed by atoms with Crippen LogP contribution < -0.4 is 10.6 Å². The van der Waals surface area contributed by atoms with Crippen molar-refractivity contribution in [2.24, 2.45) is 0 Å². The molecule has 1 aromatic heterocycles. The molecule has 0 radical (unpaired) electrons. The van der Waals surface area contributed by atoms with Crippen LogP contribution in [0.3, 0.4) is 0 Å². The molecule has 154 valence electrons. The molecular weight excluding hydrogens is 458 g/mol. The van der Waals surface area contributed by atoms with Gasteiger partial charge in [-0.15, -0.1) is 0 Å². The first kappa shape index (κ1) is 20.6. The van der Waals surface area contributed by atoms with Crippen molar-refractivity contribution in [2.45, 2.75) is 6.92 Å². The predicted octanol–water partition coefficient (Wildman–Crippen LogP) is 5.92. The molecule has 0 bridgehead atoms. The Kier molecular flexibility index (Phi) is 5.95. The van der Waals surface area contributed by atoms with Gasteiger partial charge in [-0.05, 0) is 54.6 Å². The fourth-order valence-corrected chi connectivity index (χ4v) is 3.42. The Balaban J connectivity index is 1.49. The normalized spacial score (nSPS) is 10.5. The van der Waals surface area contributed by atoms with Crippen LogP contribution in [0, 0.1) is 6.92 Å². The number of amides is 2. The Bertz CT molecular complexity index is 1250. The van der Waals surface area contributed by atoms with Gasteiger partial charge < -0.3 is 15.1 Å². The van der Waals surface area contributed by atoms with Crippen molar-refractivity contribution < 1.29 is 14.0 Å². The van der Waals surface area contributed by atoms with Crippen LogP contribution in [-0.4, -0.2) is 16.8 Å². The van der Waals surface area contributed by atoms with Gasteiger partial charge in [-0.3, -0.25) is 9.59 Å². The second-order valence-corrected chi connectivity index (χ2v) is 7.70. The van der Waals surface area contributed by atoms with Crippen molar-refractivity contribution in [3.63, 3.8) is 0 Å². The van der Waals surface area contributed by atoms with Crippen molar-refractivity contribution in [3.8, 4) is 11.3 Å². The van der Waals surface area contributed by atoms with Gasteiger partial charge in [-0.1, -0.05) is 34.1 Å². The molecule has 6 nitrogen and oxygen atoms in total. The molecule has 2 N–H and O–H groups in total. The SMILES string of the molecule is Cc1ncc(-c2ccc(NC(=O)c3ccccc3NC(=O)c3cccc(Br)c3)cc2)o1. The van der Waals surface area contributed by atoms with Crippen LogP contribution in [0.2, 0.25) is 0 Å². The summed E-state index contributed by atoms with van der Waals surface area (Å²) >= 11 is 3.36. The number of hydrogen-bond acceptors (Lipinski definition) is 4. The average Bonchev–Trinajstić information content (AvgIpc) is 3.21. The lowest BCUT2D eigenvalue weighted by atomic mass is 10.1. The van der Waals surface area contributed by atoms with Crippen LogP contribution in [-0.2, 0) is 0 Å². The van der Waals surface area contributed by atoms with Crippen LogP contribution in [0.15, 0.2) is 87.9 Å². The van der Waals surface area contributed by atoms with Crippen LogP contribution in [0.4, 0.5) is 11.4 Å². The molecule has 1 heterocycles. The van der Waals surface area contributed by atoms with Gasteiger partial charge >= 0.3 is 0 Å². The van der Waals surface area contributed by atoms with Crippen molar-refractivity contribution in [2.75, 3.05) is 10.6 Å². The van der Waals surface area contributed by atoms with Gasteiger partial charge in [0.1, 0.15) is 0 Å². The molecule has 0 fully saturated rings. The van der Waals surface area contributed by atoms with E-state index in [-0.39, 0.29) is 11.8 Å². The highest BCUT2D eigenvalue weighted by molar-refractivity contribution is 9.10. The smallest absolute Gasteiger partial charge is 0.257 e. The van der Waals surface area contributed by atoms with Gasteiger partial charge in [0.25, 0.3) is 11.8 Å². The molecule has 0 aliphatic carbocycles. The highest BCUT2D eigenvalue weighted by Crippen LogP contribution is 2.23. The molecule has 4 rings (SSSR count). The summed E-state index contributed by atoms with van der Waals surface area (Å²) in [5, 5.41) is 5.67. The van der Waals surface area contributed by atoms with E-state index in [1.165, 1.54) is 0 Å². The summed E-state index contributed by atoms with van der Waals surface area (Å²) in [5.41, 5.74) is 2.76. The van der Waals surface area contributed by atoms with Crippen molar-refractivity contribution >= 4 is 39.1 Å². The molecule has 31 heavy (non-hydrogen) atoms. The second-order valence-electron chi connectivity index (χ2n) is 6.79. The third-order valence-corrected chi connectivity index (χ3v) is 5.05. The summed E-state index contributed by atoms with van der Waals surface area (Å²) in [7, 11) is 0. The third kappa shape index (κ3) is 4.90. The van der Waals surface area contributed by atoms with E-state index in [0.29, 0.717) is 34.2 Å². The number of nitrogens with one attached hydrogen (secondary N) is 2. The number of hydrogen-bond donors (Lipinski definition) is 2. The zero-order valence-electron chi connectivity index (χ0n) is 16.6. The number of aryl methyl sites for hydroxylation is 1. The van der Waals surface area contributed by atoms with E-state index in [4.69, 9.17) is 4.42 Å². The Morgan fingerprint density at radius 3 is 2.39 bits per heavy atom. The fourth-order valence-electron chi connectivity index (χ4n) is 3.03. The summed E-state index contributed by atoms with van der Waals surface area (Å²) in [6.45, 7) is 1.78. The van der Waals surface area contributed by atoms with Gasteiger partial charge in [0, 0.05) is 28.2 Å². The number of halogens is 1. The second kappa shape index (κ2) is 8.97. The van der Waals surface area contributed by atoms with Gasteiger partial charge in [-0.2, -0.15) is 0 Å². The highest BCUT2D eigenvalue weighted by Gasteiger charge is 2.15. The van der Waals surface area contributed by atoms with E-state index in [9.17, 15) is 9.59 Å². The molecule has 4 aromatic rings. The lowest BCUT2D eigenvalue weighted by molar-refractivity contribution is 0.102. The quantitative estimate of drug-likeness (QED) is 0.375. The van der Waals surface area contributed by atoms with Crippen LogP contribution >= 0.6 is 15.9 Å². The molecule has 0 spiro atoms. The first-order valence-corrected chi connectivity index (χ1v) is 10.3. The molecule has 3 aromatic carbocycles. The van der Waals surface area contributed by atoms with Crippen LogP contribution in [0.5, 0.6) is 0 Å². The summed E-state index contributed by atoms with van der Waals surface area (Å²) in [4.78, 5) is 29.6. The maximum absolute atomic E-state index is 12.9. The van der Waals surface area contributed by atoms with E-state index < -0.39 is 0 Å². The molecule has 0 atom stereocenters. The number of carbonyl (C=O) groups is 2. The minimum Gasteiger partial charge on any atom is -0.441 e. The number of carbonyl (C=O) groups excluding carboxylic acids is 2. The van der Waals surface area contributed by atoms with Crippen LogP contribution in [0.1, 0.15) is 26.6 Å². The lowest BCUT2D eigenvalue weighted by Gasteiger charge is -2.12. The number of para-hydroxylation sites is 1. The Morgan fingerprint density at radius 1 is 0.903 bits per heavy atom. The Hall–Kier alpha value is -3.71. The van der Waals surface area contributed by atoms with E-state index in [0.717, 1.165) is 10.0 Å². The molecule has 7 heteroatoms. The lowest BCUT2D eigenvalue weighted by Crippen LogP contribution is -2.18. The molecule has 2 amide bonds. The molecular formula is C24H18BrN3O3. The number of benzene rings is 3. The third-order valence-electron chi connectivity index (χ3n) is 4.56. The Morgan fingerprint density at radius 2 is 1.68 bits per heavy atom. The standard InChI is InChI=1S/C24H18BrN3O3/c1-15-26-14-22(31-15)16-9-11-19(12-10-16)27-24(30)20-7-2-3-8-21(20)28-23(29)17-5-4-6-18(25)13-17/h2-14H,1H3,(H,27,30)(H,28,29). The molecule has 0 unspecified atom stereocenters. The molecule has 0 saturated heterocycles. The largest absolute Gasteiger partial charge is 0.441 e. The Labute approximate surface area is 187 Å². The van der Waals surface area contributed by atoms with E-state index in [2.05, 4.69) is 31.5 Å². The van der Waals surface area contributed by atoms with E-state index in [1.54, 1.807) is 67.7 Å². The number of rotatable bonds is 5. The summed E-state index contributed by atoms with van der Waals surface area (Å²) in [6, 6.07) is 21.2. The maximum Gasteiger partial charge on any atom is 0.257 e. The van der Waals surface area contributed by atoms with E-state index >= 15 is 0 Å². The zero-order valence-corrected chi connectivity index (χ0v) is 18.1. The first-order chi connectivity index (χ1) is 15.0.